The minimum absolute atomic E-state index is 0.0262. The zero-order valence-electron chi connectivity index (χ0n) is 17.6. The number of rotatable bonds is 5. The van der Waals surface area contributed by atoms with Gasteiger partial charge in [-0.25, -0.2) is 4.90 Å². The van der Waals surface area contributed by atoms with Crippen LogP contribution in [-0.4, -0.2) is 53.2 Å². The molecule has 3 saturated heterocycles. The number of hydrogen-bond acceptors (Lipinski definition) is 7. The molecule has 0 aliphatic carbocycles. The van der Waals surface area contributed by atoms with Gasteiger partial charge in [0.2, 0.25) is 11.8 Å². The van der Waals surface area contributed by atoms with Crippen molar-refractivity contribution in [2.45, 2.75) is 24.9 Å². The molecule has 4 unspecified atom stereocenters. The van der Waals surface area contributed by atoms with Gasteiger partial charge in [-0.2, -0.15) is 0 Å². The molecule has 170 valence electrons. The molecule has 9 nitrogen and oxygen atoms in total. The minimum atomic E-state index is -0.866. The predicted octanol–water partition coefficient (Wildman–Crippen LogP) is 3.09. The van der Waals surface area contributed by atoms with E-state index in [1.807, 2.05) is 4.90 Å². The minimum Gasteiger partial charge on any atom is -0.495 e. The quantitative estimate of drug-likeness (QED) is 0.286. The summed E-state index contributed by atoms with van der Waals surface area (Å²) in [6.45, 7) is 0.627. The zero-order valence-corrected chi connectivity index (χ0v) is 18.4. The van der Waals surface area contributed by atoms with Gasteiger partial charge in [0, 0.05) is 28.8 Å². The predicted molar refractivity (Wildman–Crippen MR) is 118 cm³/mol. The van der Waals surface area contributed by atoms with E-state index in [1.54, 1.807) is 24.3 Å². The van der Waals surface area contributed by atoms with Gasteiger partial charge >= 0.3 is 0 Å². The second-order valence-corrected chi connectivity index (χ2v) is 8.88. The molecule has 5 rings (SSSR count). The Bertz CT molecular complexity index is 1180. The molecular weight excluding hydrogens is 450 g/mol. The van der Waals surface area contributed by atoms with E-state index < -0.39 is 34.6 Å². The van der Waals surface area contributed by atoms with E-state index in [-0.39, 0.29) is 28.9 Å². The monoisotopic (exact) mass is 469 g/mol. The van der Waals surface area contributed by atoms with E-state index in [0.29, 0.717) is 23.6 Å². The molecule has 0 spiro atoms. The first-order chi connectivity index (χ1) is 15.8. The topological polar surface area (TPSA) is 110 Å². The highest BCUT2D eigenvalue weighted by Gasteiger charge is 2.65. The Morgan fingerprint density at radius 3 is 2.48 bits per heavy atom. The number of ketones is 1. The van der Waals surface area contributed by atoms with Crippen LogP contribution >= 0.6 is 11.6 Å². The summed E-state index contributed by atoms with van der Waals surface area (Å²) in [7, 11) is 1.36. The molecule has 3 fully saturated rings. The molecule has 33 heavy (non-hydrogen) atoms. The highest BCUT2D eigenvalue weighted by atomic mass is 35.5. The fourth-order valence-electron chi connectivity index (χ4n) is 5.50. The third kappa shape index (κ3) is 3.22. The molecule has 0 aromatic heterocycles. The number of fused-ring (bicyclic) bond motifs is 3. The van der Waals surface area contributed by atoms with E-state index in [4.69, 9.17) is 16.3 Å². The number of nitro groups is 1. The van der Waals surface area contributed by atoms with Crippen LogP contribution < -0.4 is 9.64 Å². The number of halogens is 1. The van der Waals surface area contributed by atoms with Crippen molar-refractivity contribution in [3.8, 4) is 5.75 Å². The molecule has 0 radical (unpaired) electrons. The van der Waals surface area contributed by atoms with Crippen molar-refractivity contribution in [2.24, 2.45) is 11.8 Å². The third-order valence-electron chi connectivity index (χ3n) is 6.86. The second-order valence-electron chi connectivity index (χ2n) is 8.44. The number of non-ortho nitro benzene ring substituents is 1. The van der Waals surface area contributed by atoms with E-state index in [1.165, 1.54) is 19.2 Å². The van der Waals surface area contributed by atoms with Crippen LogP contribution in [0.4, 0.5) is 11.4 Å². The largest absolute Gasteiger partial charge is 0.495 e. The van der Waals surface area contributed by atoms with Gasteiger partial charge in [-0.3, -0.25) is 29.4 Å². The van der Waals surface area contributed by atoms with Crippen LogP contribution in [0.2, 0.25) is 5.02 Å². The first-order valence-corrected chi connectivity index (χ1v) is 11.0. The van der Waals surface area contributed by atoms with Crippen molar-refractivity contribution < 1.29 is 24.0 Å². The van der Waals surface area contributed by atoms with Gasteiger partial charge in [-0.15, -0.1) is 0 Å². The van der Waals surface area contributed by atoms with Gasteiger partial charge < -0.3 is 4.74 Å². The molecule has 4 atom stereocenters. The van der Waals surface area contributed by atoms with Gasteiger partial charge in [-0.05, 0) is 49.7 Å². The van der Waals surface area contributed by atoms with E-state index in [9.17, 15) is 24.5 Å². The summed E-state index contributed by atoms with van der Waals surface area (Å²) in [5.41, 5.74) is 0.181. The fourth-order valence-corrected chi connectivity index (χ4v) is 5.63. The highest BCUT2D eigenvalue weighted by molar-refractivity contribution is 6.30. The van der Waals surface area contributed by atoms with Crippen LogP contribution in [0.15, 0.2) is 42.5 Å². The first kappa shape index (κ1) is 21.5. The van der Waals surface area contributed by atoms with E-state index >= 15 is 0 Å². The van der Waals surface area contributed by atoms with Crippen LogP contribution in [0.5, 0.6) is 5.75 Å². The first-order valence-electron chi connectivity index (χ1n) is 10.6. The third-order valence-corrected chi connectivity index (χ3v) is 7.12. The number of carbonyl (C=O) groups is 3. The number of anilines is 1. The normalized spacial score (nSPS) is 26.4. The van der Waals surface area contributed by atoms with Crippen LogP contribution in [0.1, 0.15) is 23.2 Å². The van der Waals surface area contributed by atoms with Crippen molar-refractivity contribution in [3.63, 3.8) is 0 Å². The van der Waals surface area contributed by atoms with Gasteiger partial charge in [0.05, 0.1) is 29.9 Å². The maximum Gasteiger partial charge on any atom is 0.271 e. The maximum absolute atomic E-state index is 13.7. The SMILES string of the molecule is COc1ccc([N+](=O)[O-])cc1N1C(=O)C2C(C1=O)C(C(=O)c1ccc(Cl)cc1)N1CCCC21. The number of hydrogen-bond donors (Lipinski definition) is 0. The Kier molecular flexibility index (Phi) is 5.18. The molecular formula is C23H20ClN3O6. The molecule has 10 heteroatoms. The molecule has 0 bridgehead atoms. The maximum atomic E-state index is 13.7. The van der Waals surface area contributed by atoms with Crippen molar-refractivity contribution >= 4 is 40.6 Å². The van der Waals surface area contributed by atoms with Gasteiger partial charge in [-0.1, -0.05) is 11.6 Å². The Morgan fingerprint density at radius 1 is 1.12 bits per heavy atom. The molecule has 0 N–H and O–H groups in total. The lowest BCUT2D eigenvalue weighted by Gasteiger charge is -2.28. The number of carbonyl (C=O) groups excluding carboxylic acids is 3. The van der Waals surface area contributed by atoms with Crippen LogP contribution in [0.3, 0.4) is 0 Å². The summed E-state index contributed by atoms with van der Waals surface area (Å²) >= 11 is 5.96. The van der Waals surface area contributed by atoms with E-state index in [0.717, 1.165) is 17.4 Å². The van der Waals surface area contributed by atoms with Gasteiger partial charge in [0.25, 0.3) is 5.69 Å². The molecule has 2 amide bonds. The average molecular weight is 470 g/mol. The van der Waals surface area contributed by atoms with Crippen molar-refractivity contribution in [3.05, 3.63) is 63.2 Å². The number of Topliss-reactive ketones (excluding diaryl/α,β-unsaturated/α-hetero) is 1. The number of nitrogens with zero attached hydrogens (tertiary/aromatic N) is 3. The second kappa shape index (κ2) is 7.93. The van der Waals surface area contributed by atoms with Crippen molar-refractivity contribution in [1.29, 1.82) is 0 Å². The van der Waals surface area contributed by atoms with Crippen LogP contribution in [0, 0.1) is 22.0 Å². The lowest BCUT2D eigenvalue weighted by molar-refractivity contribution is -0.384. The Labute approximate surface area is 194 Å². The van der Waals surface area contributed by atoms with Gasteiger partial charge in [0.1, 0.15) is 11.4 Å². The van der Waals surface area contributed by atoms with Crippen LogP contribution in [0.25, 0.3) is 0 Å². The Hall–Kier alpha value is -3.30. The number of ether oxygens (including phenoxy) is 1. The lowest BCUT2D eigenvalue weighted by Crippen LogP contribution is -2.46. The molecule has 2 aromatic carbocycles. The number of imide groups is 1. The van der Waals surface area contributed by atoms with Gasteiger partial charge in [0.15, 0.2) is 5.78 Å². The summed E-state index contributed by atoms with van der Waals surface area (Å²) in [6.07, 6.45) is 1.52. The molecule has 3 heterocycles. The number of amides is 2. The van der Waals surface area contributed by atoms with E-state index in [2.05, 4.69) is 0 Å². The fraction of sp³-hybridized carbons (Fsp3) is 0.348. The summed E-state index contributed by atoms with van der Waals surface area (Å²) in [5, 5.41) is 11.8. The van der Waals surface area contributed by atoms with Crippen LogP contribution in [-0.2, 0) is 9.59 Å². The number of methoxy groups -OCH3 is 1. The lowest BCUT2D eigenvalue weighted by atomic mass is 9.85. The smallest absolute Gasteiger partial charge is 0.271 e. The molecule has 2 aromatic rings. The summed E-state index contributed by atoms with van der Waals surface area (Å²) in [5.74, 6) is -2.61. The average Bonchev–Trinajstić information content (AvgIpc) is 3.45. The Morgan fingerprint density at radius 2 is 1.82 bits per heavy atom. The summed E-state index contributed by atoms with van der Waals surface area (Å²) < 4.78 is 5.29. The Balaban J connectivity index is 1.58. The molecule has 3 aliphatic rings. The van der Waals surface area contributed by atoms with Crippen molar-refractivity contribution in [1.82, 2.24) is 4.90 Å². The summed E-state index contributed by atoms with van der Waals surface area (Å²) in [6, 6.07) is 9.22. The highest BCUT2D eigenvalue weighted by Crippen LogP contribution is 2.50. The zero-order chi connectivity index (χ0) is 23.4. The molecule has 0 saturated carbocycles. The molecule has 3 aliphatic heterocycles. The number of nitro benzene ring substituents is 1. The summed E-state index contributed by atoms with van der Waals surface area (Å²) in [4.78, 5) is 54.4. The standard InChI is InChI=1S/C23H20ClN3O6/c1-33-17-9-8-14(27(31)32)11-16(17)26-22(29)18-15-3-2-10-25(15)20(19(18)23(26)30)21(28)12-4-6-13(24)7-5-12/h4-9,11,15,18-20H,2-3,10H2,1H3. The van der Waals surface area contributed by atoms with Crippen molar-refractivity contribution in [2.75, 3.05) is 18.6 Å². The number of benzene rings is 2.